The zero-order chi connectivity index (χ0) is 24.8. The number of hydrogen-bond donors (Lipinski definition) is 0. The molecule has 35 heavy (non-hydrogen) atoms. The molecule has 0 saturated carbocycles. The zero-order valence-corrected chi connectivity index (χ0v) is 20.3. The number of Topliss-reactive ketones (excluding diaryl/α,β-unsaturated/α-hetero) is 2. The first-order valence-electron chi connectivity index (χ1n) is 10.9. The summed E-state index contributed by atoms with van der Waals surface area (Å²) >= 11 is 6.87. The van der Waals surface area contributed by atoms with Crippen LogP contribution in [-0.4, -0.2) is 39.6 Å². The standard InChI is InChI=1S/C28H21F2NO2S2/c29-24-10-6-19(7-11-24)14-22-16-31(28(34)35-18-26(32)21-4-2-1-3-5-21)17-23(27(22)33)15-20-8-12-25(30)13-9-20/h1-15H,16-18H2/b22-14+,23-15+. The van der Waals surface area contributed by atoms with Crippen LogP contribution < -0.4 is 0 Å². The van der Waals surface area contributed by atoms with E-state index < -0.39 is 0 Å². The molecule has 3 nitrogen and oxygen atoms in total. The van der Waals surface area contributed by atoms with Gasteiger partial charge in [-0.1, -0.05) is 78.6 Å². The SMILES string of the molecule is O=C1/C(=C/c2ccc(F)cc2)CN(C(=S)SCC(=O)c2ccccc2)C/C1=C\c1ccc(F)cc1. The molecule has 7 heteroatoms. The topological polar surface area (TPSA) is 37.4 Å². The Balaban J connectivity index is 1.57. The fraction of sp³-hybridized carbons (Fsp3) is 0.107. The largest absolute Gasteiger partial charge is 0.349 e. The molecule has 0 atom stereocenters. The number of ketones is 2. The Morgan fingerprint density at radius 3 is 1.80 bits per heavy atom. The predicted molar refractivity (Wildman–Crippen MR) is 141 cm³/mol. The molecule has 1 fully saturated rings. The molecular weight excluding hydrogens is 484 g/mol. The van der Waals surface area contributed by atoms with Crippen molar-refractivity contribution >= 4 is 52.0 Å². The van der Waals surface area contributed by atoms with Crippen LogP contribution >= 0.6 is 24.0 Å². The average molecular weight is 506 g/mol. The minimum atomic E-state index is -0.360. The Kier molecular flexibility index (Phi) is 8.00. The molecule has 176 valence electrons. The summed E-state index contributed by atoms with van der Waals surface area (Å²) in [6.45, 7) is 0.532. The van der Waals surface area contributed by atoms with Crippen LogP contribution in [-0.2, 0) is 4.79 Å². The molecule has 3 aromatic carbocycles. The summed E-state index contributed by atoms with van der Waals surface area (Å²) in [5.41, 5.74) is 2.98. The van der Waals surface area contributed by atoms with E-state index >= 15 is 0 Å². The predicted octanol–water partition coefficient (Wildman–Crippen LogP) is 6.22. The second-order valence-corrected chi connectivity index (χ2v) is 9.58. The van der Waals surface area contributed by atoms with Crippen LogP contribution in [0, 0.1) is 11.6 Å². The molecule has 0 amide bonds. The fourth-order valence-corrected chi connectivity index (χ4v) is 4.65. The first kappa shape index (κ1) is 24.7. The second kappa shape index (κ2) is 11.3. The van der Waals surface area contributed by atoms with Crippen molar-refractivity contribution in [2.24, 2.45) is 0 Å². The number of benzene rings is 3. The van der Waals surface area contributed by atoms with Crippen molar-refractivity contribution in [3.63, 3.8) is 0 Å². The molecule has 0 bridgehead atoms. The molecule has 0 N–H and O–H groups in total. The van der Waals surface area contributed by atoms with Crippen LogP contribution in [0.2, 0.25) is 0 Å². The van der Waals surface area contributed by atoms with Crippen LogP contribution in [0.15, 0.2) is 90.0 Å². The Hall–Kier alpha value is -3.42. The molecule has 4 rings (SSSR count). The zero-order valence-electron chi connectivity index (χ0n) is 18.6. The molecular formula is C28H21F2NO2S2. The van der Waals surface area contributed by atoms with Crippen molar-refractivity contribution in [3.8, 4) is 0 Å². The molecule has 0 aliphatic carbocycles. The summed E-state index contributed by atoms with van der Waals surface area (Å²) in [5, 5.41) is 0. The van der Waals surface area contributed by atoms with Crippen molar-refractivity contribution in [1.82, 2.24) is 4.90 Å². The van der Waals surface area contributed by atoms with Gasteiger partial charge in [0.2, 0.25) is 0 Å². The van der Waals surface area contributed by atoms with Gasteiger partial charge in [0.05, 0.1) is 5.75 Å². The maximum Gasteiger partial charge on any atom is 0.188 e. The summed E-state index contributed by atoms with van der Waals surface area (Å²) in [6, 6.07) is 20.7. The quantitative estimate of drug-likeness (QED) is 0.234. The van der Waals surface area contributed by atoms with E-state index in [0.717, 1.165) is 0 Å². The third-order valence-electron chi connectivity index (χ3n) is 5.41. The number of carbonyl (C=O) groups is 2. The van der Waals surface area contributed by atoms with Crippen molar-refractivity contribution in [3.05, 3.63) is 118 Å². The van der Waals surface area contributed by atoms with Crippen molar-refractivity contribution in [2.75, 3.05) is 18.8 Å². The molecule has 3 aromatic rings. The smallest absolute Gasteiger partial charge is 0.188 e. The molecule has 1 aliphatic rings. The van der Waals surface area contributed by atoms with Gasteiger partial charge in [-0.3, -0.25) is 9.59 Å². The van der Waals surface area contributed by atoms with Gasteiger partial charge in [0.1, 0.15) is 16.0 Å². The Morgan fingerprint density at radius 1 is 0.829 bits per heavy atom. The highest BCUT2D eigenvalue weighted by atomic mass is 32.2. The number of hydrogen-bond acceptors (Lipinski definition) is 4. The monoisotopic (exact) mass is 505 g/mol. The first-order chi connectivity index (χ1) is 16.9. The minimum absolute atomic E-state index is 0.0322. The van der Waals surface area contributed by atoms with E-state index in [1.165, 1.54) is 36.0 Å². The van der Waals surface area contributed by atoms with E-state index in [1.54, 1.807) is 48.6 Å². The van der Waals surface area contributed by atoms with E-state index in [4.69, 9.17) is 12.2 Å². The molecule has 0 unspecified atom stereocenters. The van der Waals surface area contributed by atoms with E-state index in [-0.39, 0.29) is 42.0 Å². The molecule has 1 aliphatic heterocycles. The molecule has 1 heterocycles. The van der Waals surface area contributed by atoms with E-state index in [9.17, 15) is 18.4 Å². The molecule has 0 spiro atoms. The highest BCUT2D eigenvalue weighted by Gasteiger charge is 2.28. The van der Waals surface area contributed by atoms with Crippen LogP contribution in [0.3, 0.4) is 0 Å². The van der Waals surface area contributed by atoms with Crippen molar-refractivity contribution in [2.45, 2.75) is 0 Å². The Bertz CT molecular complexity index is 1230. The summed E-state index contributed by atoms with van der Waals surface area (Å²) < 4.78 is 27.2. The lowest BCUT2D eigenvalue weighted by atomic mass is 9.94. The number of halogens is 2. The molecule has 0 aromatic heterocycles. The normalized spacial score (nSPS) is 16.1. The Morgan fingerprint density at radius 2 is 1.31 bits per heavy atom. The van der Waals surface area contributed by atoms with Gasteiger partial charge in [-0.25, -0.2) is 8.78 Å². The van der Waals surface area contributed by atoms with Gasteiger partial charge in [-0.2, -0.15) is 0 Å². The number of rotatable bonds is 5. The van der Waals surface area contributed by atoms with Gasteiger partial charge in [0.25, 0.3) is 0 Å². The van der Waals surface area contributed by atoms with Crippen LogP contribution in [0.1, 0.15) is 21.5 Å². The summed E-state index contributed by atoms with van der Waals surface area (Å²) in [7, 11) is 0. The third kappa shape index (κ3) is 6.59. The maximum absolute atomic E-state index is 13.3. The van der Waals surface area contributed by atoms with Crippen LogP contribution in [0.25, 0.3) is 12.2 Å². The van der Waals surface area contributed by atoms with Gasteiger partial charge in [-0.15, -0.1) is 0 Å². The van der Waals surface area contributed by atoms with Crippen molar-refractivity contribution in [1.29, 1.82) is 0 Å². The van der Waals surface area contributed by atoms with Gasteiger partial charge in [0.15, 0.2) is 11.6 Å². The summed E-state index contributed by atoms with van der Waals surface area (Å²) in [4.78, 5) is 27.7. The van der Waals surface area contributed by atoms with Crippen LogP contribution in [0.5, 0.6) is 0 Å². The van der Waals surface area contributed by atoms with Crippen molar-refractivity contribution < 1.29 is 18.4 Å². The van der Waals surface area contributed by atoms with E-state index in [0.29, 0.717) is 32.2 Å². The van der Waals surface area contributed by atoms with E-state index in [2.05, 4.69) is 0 Å². The summed E-state index contributed by atoms with van der Waals surface area (Å²) in [5.74, 6) is -0.720. The number of thiocarbonyl (C=S) groups is 1. The van der Waals surface area contributed by atoms with E-state index in [1.807, 2.05) is 23.1 Å². The second-order valence-electron chi connectivity index (χ2n) is 7.97. The van der Waals surface area contributed by atoms with Gasteiger partial charge < -0.3 is 4.90 Å². The lowest BCUT2D eigenvalue weighted by Crippen LogP contribution is -2.40. The number of piperidine rings is 1. The Labute approximate surface area is 212 Å². The minimum Gasteiger partial charge on any atom is -0.349 e. The number of carbonyl (C=O) groups excluding carboxylic acids is 2. The third-order valence-corrected chi connectivity index (χ3v) is 6.93. The maximum atomic E-state index is 13.3. The number of likely N-dealkylation sites (tertiary alicyclic amines) is 1. The highest BCUT2D eigenvalue weighted by molar-refractivity contribution is 8.23. The first-order valence-corrected chi connectivity index (χ1v) is 12.3. The lowest BCUT2D eigenvalue weighted by molar-refractivity contribution is -0.113. The summed E-state index contributed by atoms with van der Waals surface area (Å²) in [6.07, 6.45) is 3.43. The average Bonchev–Trinajstić information content (AvgIpc) is 2.87. The van der Waals surface area contributed by atoms with Crippen LogP contribution in [0.4, 0.5) is 8.78 Å². The lowest BCUT2D eigenvalue weighted by Gasteiger charge is -2.31. The van der Waals surface area contributed by atoms with Gasteiger partial charge in [-0.05, 0) is 47.5 Å². The fourth-order valence-electron chi connectivity index (χ4n) is 3.61. The van der Waals surface area contributed by atoms with Gasteiger partial charge in [0, 0.05) is 29.8 Å². The number of thioether (sulfide) groups is 1. The molecule has 1 saturated heterocycles. The molecule has 0 radical (unpaired) electrons. The van der Waals surface area contributed by atoms with Gasteiger partial charge >= 0.3 is 0 Å². The number of nitrogens with zero attached hydrogens (tertiary/aromatic N) is 1. The highest BCUT2D eigenvalue weighted by Crippen LogP contribution is 2.25.